The van der Waals surface area contributed by atoms with Gasteiger partial charge in [0.15, 0.2) is 0 Å². The normalized spacial score (nSPS) is 22.7. The second-order valence-electron chi connectivity index (χ2n) is 5.15. The van der Waals surface area contributed by atoms with E-state index in [0.29, 0.717) is 0 Å². The van der Waals surface area contributed by atoms with E-state index in [9.17, 15) is 5.11 Å². The number of aliphatic hydroxyl groups excluding tert-OH is 1. The summed E-state index contributed by atoms with van der Waals surface area (Å²) in [6.07, 6.45) is 0.496. The van der Waals surface area contributed by atoms with Crippen molar-refractivity contribution in [2.24, 2.45) is 0 Å². The van der Waals surface area contributed by atoms with Crippen LogP contribution < -0.4 is 0 Å². The molecule has 2 heterocycles. The summed E-state index contributed by atoms with van der Waals surface area (Å²) < 4.78 is 1.32. The molecule has 2 unspecified atom stereocenters. The van der Waals surface area contributed by atoms with Crippen molar-refractivity contribution >= 4 is 33.2 Å². The summed E-state index contributed by atoms with van der Waals surface area (Å²) in [6.45, 7) is 1.08. The summed E-state index contributed by atoms with van der Waals surface area (Å²) in [4.78, 5) is 2.30. The van der Waals surface area contributed by atoms with Crippen LogP contribution in [0.2, 0.25) is 0 Å². The first-order valence-electron chi connectivity index (χ1n) is 6.67. The van der Waals surface area contributed by atoms with Crippen molar-refractivity contribution < 1.29 is 5.11 Å². The van der Waals surface area contributed by atoms with Crippen molar-refractivity contribution in [1.29, 1.82) is 0 Å². The van der Waals surface area contributed by atoms with Crippen molar-refractivity contribution in [2.75, 3.05) is 25.1 Å². The Morgan fingerprint density at radius 3 is 3.11 bits per heavy atom. The van der Waals surface area contributed by atoms with Gasteiger partial charge in [0.25, 0.3) is 0 Å². The van der Waals surface area contributed by atoms with Crippen LogP contribution in [0.4, 0.5) is 0 Å². The van der Waals surface area contributed by atoms with Crippen molar-refractivity contribution in [3.63, 3.8) is 0 Å². The Kier molecular flexibility index (Phi) is 4.12. The summed E-state index contributed by atoms with van der Waals surface area (Å²) in [5.74, 6) is 2.22. The van der Waals surface area contributed by atoms with Gasteiger partial charge in [0.05, 0.1) is 6.10 Å². The predicted octanol–water partition coefficient (Wildman–Crippen LogP) is 2.85. The summed E-state index contributed by atoms with van der Waals surface area (Å²) in [7, 11) is 2.12. The maximum Gasteiger partial charge on any atom is 0.0744 e. The molecule has 1 aromatic heterocycles. The maximum atomic E-state index is 10.5. The number of aliphatic hydroxyl groups is 1. The van der Waals surface area contributed by atoms with E-state index in [0.717, 1.165) is 18.7 Å². The molecule has 3 rings (SSSR count). The minimum atomic E-state index is -0.268. The topological polar surface area (TPSA) is 23.5 Å². The molecule has 19 heavy (non-hydrogen) atoms. The lowest BCUT2D eigenvalue weighted by Gasteiger charge is -2.35. The van der Waals surface area contributed by atoms with Crippen LogP contribution in [-0.4, -0.2) is 47.3 Å². The van der Waals surface area contributed by atoms with E-state index in [4.69, 9.17) is 0 Å². The fraction of sp³-hybridized carbons (Fsp3) is 0.467. The smallest absolute Gasteiger partial charge is 0.0744 e. The number of likely N-dealkylation sites (N-methyl/N-ethyl adjacent to an activating group) is 1. The highest BCUT2D eigenvalue weighted by molar-refractivity contribution is 7.99. The summed E-state index contributed by atoms with van der Waals surface area (Å²) in [5, 5.41) is 14.0. The zero-order valence-electron chi connectivity index (χ0n) is 11.1. The van der Waals surface area contributed by atoms with Crippen LogP contribution in [0, 0.1) is 0 Å². The molecule has 1 N–H and O–H groups in total. The Hall–Kier alpha value is -0.550. The first-order valence-corrected chi connectivity index (χ1v) is 8.70. The van der Waals surface area contributed by atoms with Gasteiger partial charge in [0, 0.05) is 35.2 Å². The summed E-state index contributed by atoms with van der Waals surface area (Å²) in [5.41, 5.74) is 1.29. The molecule has 2 atom stereocenters. The molecule has 1 aliphatic rings. The van der Waals surface area contributed by atoms with E-state index in [1.807, 2.05) is 11.8 Å². The standard InChI is InChI=1S/C15H19NOS2/c1-16-6-7-18-10-13(16)14(17)8-11-9-19-15-5-3-2-4-12(11)15/h2-5,9,13-14,17H,6-8,10H2,1H3. The van der Waals surface area contributed by atoms with Gasteiger partial charge in [-0.3, -0.25) is 4.90 Å². The van der Waals surface area contributed by atoms with Crippen LogP contribution in [0.3, 0.4) is 0 Å². The van der Waals surface area contributed by atoms with E-state index in [2.05, 4.69) is 41.6 Å². The Bertz CT molecular complexity index is 554. The van der Waals surface area contributed by atoms with Gasteiger partial charge in [-0.1, -0.05) is 18.2 Å². The molecule has 2 aromatic rings. The molecule has 0 amide bonds. The highest BCUT2D eigenvalue weighted by Gasteiger charge is 2.27. The largest absolute Gasteiger partial charge is 0.391 e. The molecule has 1 aliphatic heterocycles. The van der Waals surface area contributed by atoms with Crippen LogP contribution >= 0.6 is 23.1 Å². The molecule has 0 radical (unpaired) electrons. The zero-order chi connectivity index (χ0) is 13.2. The van der Waals surface area contributed by atoms with E-state index in [1.54, 1.807) is 11.3 Å². The van der Waals surface area contributed by atoms with Gasteiger partial charge in [-0.05, 0) is 29.4 Å². The Balaban J connectivity index is 1.77. The van der Waals surface area contributed by atoms with Gasteiger partial charge in [-0.15, -0.1) is 11.3 Å². The summed E-state index contributed by atoms with van der Waals surface area (Å²) in [6, 6.07) is 8.75. The second-order valence-corrected chi connectivity index (χ2v) is 7.21. The molecule has 0 spiro atoms. The summed E-state index contributed by atoms with van der Waals surface area (Å²) >= 11 is 3.73. The molecule has 0 aliphatic carbocycles. The first-order chi connectivity index (χ1) is 9.25. The minimum absolute atomic E-state index is 0.268. The average molecular weight is 293 g/mol. The van der Waals surface area contributed by atoms with Gasteiger partial charge >= 0.3 is 0 Å². The number of benzene rings is 1. The molecule has 0 saturated carbocycles. The SMILES string of the molecule is CN1CCSCC1C(O)Cc1csc2ccccc12. The lowest BCUT2D eigenvalue weighted by Crippen LogP contribution is -2.47. The lowest BCUT2D eigenvalue weighted by atomic mass is 10.0. The van der Waals surface area contributed by atoms with Gasteiger partial charge in [0.1, 0.15) is 0 Å². The highest BCUT2D eigenvalue weighted by atomic mass is 32.2. The van der Waals surface area contributed by atoms with E-state index in [-0.39, 0.29) is 12.1 Å². The fourth-order valence-corrected chi connectivity index (χ4v) is 4.94. The molecular formula is C15H19NOS2. The number of hydrogen-bond acceptors (Lipinski definition) is 4. The molecular weight excluding hydrogens is 274 g/mol. The molecule has 2 nitrogen and oxygen atoms in total. The van der Waals surface area contributed by atoms with Crippen molar-refractivity contribution in [3.8, 4) is 0 Å². The molecule has 1 aromatic carbocycles. The number of nitrogens with zero attached hydrogens (tertiary/aromatic N) is 1. The second kappa shape index (κ2) is 5.83. The van der Waals surface area contributed by atoms with Gasteiger partial charge in [0.2, 0.25) is 0 Å². The monoisotopic (exact) mass is 293 g/mol. The van der Waals surface area contributed by atoms with E-state index in [1.165, 1.54) is 21.4 Å². The maximum absolute atomic E-state index is 10.5. The minimum Gasteiger partial charge on any atom is -0.391 e. The Labute approximate surface area is 122 Å². The predicted molar refractivity (Wildman–Crippen MR) is 85.3 cm³/mol. The number of fused-ring (bicyclic) bond motifs is 1. The van der Waals surface area contributed by atoms with Crippen LogP contribution in [0.25, 0.3) is 10.1 Å². The Morgan fingerprint density at radius 1 is 1.42 bits per heavy atom. The van der Waals surface area contributed by atoms with E-state index < -0.39 is 0 Å². The third-order valence-corrected chi connectivity index (χ3v) is 5.94. The average Bonchev–Trinajstić information content (AvgIpc) is 2.83. The fourth-order valence-electron chi connectivity index (χ4n) is 2.66. The van der Waals surface area contributed by atoms with Crippen molar-refractivity contribution in [1.82, 2.24) is 4.90 Å². The zero-order valence-corrected chi connectivity index (χ0v) is 12.7. The molecule has 1 saturated heterocycles. The quantitative estimate of drug-likeness (QED) is 0.941. The van der Waals surface area contributed by atoms with Crippen LogP contribution in [-0.2, 0) is 6.42 Å². The van der Waals surface area contributed by atoms with Gasteiger partial charge < -0.3 is 5.11 Å². The lowest BCUT2D eigenvalue weighted by molar-refractivity contribution is 0.0766. The molecule has 0 bridgehead atoms. The van der Waals surface area contributed by atoms with E-state index >= 15 is 0 Å². The van der Waals surface area contributed by atoms with Gasteiger partial charge in [-0.2, -0.15) is 11.8 Å². The molecule has 4 heteroatoms. The number of thioether (sulfide) groups is 1. The number of thiophene rings is 1. The highest BCUT2D eigenvalue weighted by Crippen LogP contribution is 2.28. The molecule has 1 fully saturated rings. The molecule has 102 valence electrons. The number of hydrogen-bond donors (Lipinski definition) is 1. The van der Waals surface area contributed by atoms with Crippen molar-refractivity contribution in [2.45, 2.75) is 18.6 Å². The third-order valence-electron chi connectivity index (χ3n) is 3.88. The number of rotatable bonds is 3. The first kappa shape index (κ1) is 13.4. The van der Waals surface area contributed by atoms with Crippen LogP contribution in [0.15, 0.2) is 29.6 Å². The van der Waals surface area contributed by atoms with Crippen molar-refractivity contribution in [3.05, 3.63) is 35.2 Å². The third kappa shape index (κ3) is 2.82. The van der Waals surface area contributed by atoms with Gasteiger partial charge in [-0.25, -0.2) is 0 Å². The van der Waals surface area contributed by atoms with Crippen LogP contribution in [0.5, 0.6) is 0 Å². The Morgan fingerprint density at radius 2 is 2.26 bits per heavy atom. The van der Waals surface area contributed by atoms with Crippen LogP contribution in [0.1, 0.15) is 5.56 Å².